The molecule has 0 aromatic heterocycles. The molecule has 0 fully saturated rings. The number of halogens is 2. The van der Waals surface area contributed by atoms with Crippen LogP contribution in [0.5, 0.6) is 5.75 Å². The Labute approximate surface area is 159 Å². The molecule has 0 atom stereocenters. The number of nitro groups is 1. The molecule has 0 bridgehead atoms. The summed E-state index contributed by atoms with van der Waals surface area (Å²) in [6.45, 7) is 0.157. The Morgan fingerprint density at radius 3 is 2.44 bits per heavy atom. The van der Waals surface area contributed by atoms with Crippen LogP contribution in [0.15, 0.2) is 47.4 Å². The van der Waals surface area contributed by atoms with Crippen LogP contribution in [0, 0.1) is 10.1 Å². The molecule has 144 valence electrons. The first-order valence-electron chi connectivity index (χ1n) is 7.58. The Hall–Kier alpha value is -2.72. The van der Waals surface area contributed by atoms with Crippen LogP contribution in [0.1, 0.15) is 12.8 Å². The van der Waals surface area contributed by atoms with Gasteiger partial charge in [0.05, 0.1) is 21.4 Å². The van der Waals surface area contributed by atoms with Crippen molar-refractivity contribution in [1.82, 2.24) is 0 Å². The number of carbonyl (C=O) groups is 1. The van der Waals surface area contributed by atoms with Gasteiger partial charge in [0.25, 0.3) is 5.69 Å². The number of anilines is 1. The van der Waals surface area contributed by atoms with Gasteiger partial charge >= 0.3 is 10.2 Å². The molecule has 0 saturated carbocycles. The number of hydrogen-bond donors (Lipinski definition) is 1. The quantitative estimate of drug-likeness (QED) is 0.303. The molecule has 0 aliphatic heterocycles. The van der Waals surface area contributed by atoms with E-state index in [-0.39, 0.29) is 35.4 Å². The molecule has 2 rings (SSSR count). The third-order valence-electron chi connectivity index (χ3n) is 3.35. The second kappa shape index (κ2) is 8.78. The summed E-state index contributed by atoms with van der Waals surface area (Å²) < 4.78 is 39.6. The van der Waals surface area contributed by atoms with Crippen molar-refractivity contribution in [3.63, 3.8) is 0 Å². The molecule has 0 aliphatic carbocycles. The number of carbonyl (C=O) groups excluding carboxylic acids is 1. The summed E-state index contributed by atoms with van der Waals surface area (Å²) in [5.74, 6) is -0.0741. The standard InChI is InChI=1S/C16H14ClFN2O6S/c17-14-10-12(20(22)23)5-8-15(14)26-9-1-2-16(21)19-11-3-6-13(7-4-11)27(18,24)25/h3-8,10H,1-2,9H2,(H,19,21). The number of nitrogens with one attached hydrogen (secondary N) is 1. The van der Waals surface area contributed by atoms with Gasteiger partial charge < -0.3 is 10.1 Å². The van der Waals surface area contributed by atoms with Gasteiger partial charge in [-0.1, -0.05) is 11.6 Å². The minimum atomic E-state index is -4.78. The molecule has 0 radical (unpaired) electrons. The molecular weight excluding hydrogens is 403 g/mol. The van der Waals surface area contributed by atoms with Crippen molar-refractivity contribution in [3.05, 3.63) is 57.6 Å². The molecule has 2 aromatic carbocycles. The largest absolute Gasteiger partial charge is 0.492 e. The summed E-state index contributed by atoms with van der Waals surface area (Å²) in [5.41, 5.74) is 0.171. The Bertz CT molecular complexity index is 950. The highest BCUT2D eigenvalue weighted by atomic mass is 35.5. The summed E-state index contributed by atoms with van der Waals surface area (Å²) in [6.07, 6.45) is 0.448. The number of nitrogens with zero attached hydrogens (tertiary/aromatic N) is 1. The topological polar surface area (TPSA) is 116 Å². The van der Waals surface area contributed by atoms with E-state index in [4.69, 9.17) is 16.3 Å². The van der Waals surface area contributed by atoms with Gasteiger partial charge in [-0.25, -0.2) is 0 Å². The Kier molecular flexibility index (Phi) is 6.70. The predicted molar refractivity (Wildman–Crippen MR) is 96.2 cm³/mol. The lowest BCUT2D eigenvalue weighted by atomic mass is 10.2. The number of nitro benzene ring substituents is 1. The van der Waals surface area contributed by atoms with Crippen molar-refractivity contribution in [1.29, 1.82) is 0 Å². The molecule has 11 heteroatoms. The molecule has 0 unspecified atom stereocenters. The van der Waals surface area contributed by atoms with Crippen LogP contribution >= 0.6 is 11.6 Å². The van der Waals surface area contributed by atoms with E-state index in [0.717, 1.165) is 12.1 Å². The van der Waals surface area contributed by atoms with Crippen molar-refractivity contribution in [2.24, 2.45) is 0 Å². The average Bonchev–Trinajstić information content (AvgIpc) is 2.59. The highest BCUT2D eigenvalue weighted by molar-refractivity contribution is 7.86. The van der Waals surface area contributed by atoms with E-state index in [1.54, 1.807) is 0 Å². The van der Waals surface area contributed by atoms with Crippen molar-refractivity contribution in [2.75, 3.05) is 11.9 Å². The lowest BCUT2D eigenvalue weighted by molar-refractivity contribution is -0.384. The van der Waals surface area contributed by atoms with Gasteiger partial charge in [-0.2, -0.15) is 8.42 Å². The van der Waals surface area contributed by atoms with Crippen molar-refractivity contribution in [2.45, 2.75) is 17.7 Å². The SMILES string of the molecule is O=C(CCCOc1ccc([N+](=O)[O-])cc1Cl)Nc1ccc(S(=O)(=O)F)cc1. The number of amides is 1. The lowest BCUT2D eigenvalue weighted by Crippen LogP contribution is -2.13. The van der Waals surface area contributed by atoms with Gasteiger partial charge in [0.2, 0.25) is 5.91 Å². The van der Waals surface area contributed by atoms with Crippen LogP contribution < -0.4 is 10.1 Å². The zero-order valence-electron chi connectivity index (χ0n) is 13.7. The van der Waals surface area contributed by atoms with Gasteiger partial charge in [0.15, 0.2) is 0 Å². The molecule has 0 saturated heterocycles. The fourth-order valence-electron chi connectivity index (χ4n) is 2.06. The fraction of sp³-hybridized carbons (Fsp3) is 0.188. The first-order valence-corrected chi connectivity index (χ1v) is 9.34. The average molecular weight is 417 g/mol. The van der Waals surface area contributed by atoms with Crippen LogP contribution in [0.4, 0.5) is 15.3 Å². The van der Waals surface area contributed by atoms with Crippen LogP contribution in [-0.2, 0) is 15.0 Å². The predicted octanol–water partition coefficient (Wildman–Crippen LogP) is 3.70. The first-order chi connectivity index (χ1) is 12.7. The normalized spacial score (nSPS) is 11.0. The second-order valence-electron chi connectivity index (χ2n) is 5.33. The van der Waals surface area contributed by atoms with E-state index in [1.165, 1.54) is 30.3 Å². The Morgan fingerprint density at radius 2 is 1.89 bits per heavy atom. The second-order valence-corrected chi connectivity index (χ2v) is 7.09. The summed E-state index contributed by atoms with van der Waals surface area (Å²) in [6, 6.07) is 8.45. The number of non-ortho nitro benzene ring substituents is 1. The van der Waals surface area contributed by atoms with Crippen molar-refractivity contribution < 1.29 is 26.8 Å². The highest BCUT2D eigenvalue weighted by Crippen LogP contribution is 2.28. The minimum Gasteiger partial charge on any atom is -0.492 e. The fourth-order valence-corrected chi connectivity index (χ4v) is 2.75. The van der Waals surface area contributed by atoms with Gasteiger partial charge in [-0.05, 0) is 36.8 Å². The molecule has 0 aliphatic rings. The van der Waals surface area contributed by atoms with Crippen LogP contribution in [0.25, 0.3) is 0 Å². The summed E-state index contributed by atoms with van der Waals surface area (Å²) in [4.78, 5) is 21.4. The van der Waals surface area contributed by atoms with E-state index < -0.39 is 20.0 Å². The van der Waals surface area contributed by atoms with E-state index in [1.807, 2.05) is 0 Å². The summed E-state index contributed by atoms with van der Waals surface area (Å²) in [7, 11) is -4.78. The van der Waals surface area contributed by atoms with Crippen LogP contribution in [0.2, 0.25) is 5.02 Å². The molecule has 2 aromatic rings. The maximum absolute atomic E-state index is 12.8. The Balaban J connectivity index is 1.79. The molecule has 8 nitrogen and oxygen atoms in total. The Morgan fingerprint density at radius 1 is 1.22 bits per heavy atom. The van der Waals surface area contributed by atoms with Crippen LogP contribution in [0.3, 0.4) is 0 Å². The highest BCUT2D eigenvalue weighted by Gasteiger charge is 2.12. The number of rotatable bonds is 8. The molecule has 1 N–H and O–H groups in total. The van der Waals surface area contributed by atoms with E-state index in [9.17, 15) is 27.2 Å². The molecule has 1 amide bonds. The maximum atomic E-state index is 12.8. The van der Waals surface area contributed by atoms with Gasteiger partial charge in [0.1, 0.15) is 5.75 Å². The lowest BCUT2D eigenvalue weighted by Gasteiger charge is -2.08. The number of benzene rings is 2. The van der Waals surface area contributed by atoms with Crippen molar-refractivity contribution >= 4 is 39.1 Å². The molecule has 0 spiro atoms. The van der Waals surface area contributed by atoms with Gasteiger partial charge in [-0.15, -0.1) is 3.89 Å². The first kappa shape index (κ1) is 20.6. The third kappa shape index (κ3) is 6.19. The summed E-state index contributed by atoms with van der Waals surface area (Å²) >= 11 is 5.89. The zero-order chi connectivity index (χ0) is 20.0. The summed E-state index contributed by atoms with van der Waals surface area (Å²) in [5, 5.41) is 13.3. The number of hydrogen-bond acceptors (Lipinski definition) is 6. The maximum Gasteiger partial charge on any atom is 0.332 e. The molecule has 0 heterocycles. The van der Waals surface area contributed by atoms with E-state index in [0.29, 0.717) is 12.1 Å². The van der Waals surface area contributed by atoms with Gasteiger partial charge in [-0.3, -0.25) is 14.9 Å². The minimum absolute atomic E-state index is 0.0940. The van der Waals surface area contributed by atoms with Gasteiger partial charge in [0, 0.05) is 24.2 Å². The van der Waals surface area contributed by atoms with Crippen LogP contribution in [-0.4, -0.2) is 25.9 Å². The van der Waals surface area contributed by atoms with Crippen molar-refractivity contribution in [3.8, 4) is 5.75 Å². The molecular formula is C16H14ClFN2O6S. The van der Waals surface area contributed by atoms with E-state index >= 15 is 0 Å². The third-order valence-corrected chi connectivity index (χ3v) is 4.48. The monoisotopic (exact) mass is 416 g/mol. The molecule has 27 heavy (non-hydrogen) atoms. The number of ether oxygens (including phenoxy) is 1. The smallest absolute Gasteiger partial charge is 0.332 e. The zero-order valence-corrected chi connectivity index (χ0v) is 15.3. The van der Waals surface area contributed by atoms with E-state index in [2.05, 4.69) is 5.32 Å².